The predicted octanol–water partition coefficient (Wildman–Crippen LogP) is 3.51. The molecule has 0 unspecified atom stereocenters. The summed E-state index contributed by atoms with van der Waals surface area (Å²) < 4.78 is 5.11. The molecule has 0 aliphatic rings. The quantitative estimate of drug-likeness (QED) is 0.677. The number of anilines is 1. The van der Waals surface area contributed by atoms with Crippen molar-refractivity contribution in [1.82, 2.24) is 4.98 Å². The van der Waals surface area contributed by atoms with Crippen LogP contribution in [0.2, 0.25) is 5.02 Å². The second kappa shape index (κ2) is 7.55. The van der Waals surface area contributed by atoms with Gasteiger partial charge in [0.2, 0.25) is 0 Å². The van der Waals surface area contributed by atoms with Crippen LogP contribution in [0.15, 0.2) is 35.4 Å². The van der Waals surface area contributed by atoms with Gasteiger partial charge in [-0.15, -0.1) is 0 Å². The summed E-state index contributed by atoms with van der Waals surface area (Å²) in [6.07, 6.45) is 1.59. The van der Waals surface area contributed by atoms with Gasteiger partial charge in [0.05, 0.1) is 12.8 Å². The number of nitriles is 1. The van der Waals surface area contributed by atoms with Crippen LogP contribution in [-0.2, 0) is 11.3 Å². The molecule has 112 valence electrons. The monoisotopic (exact) mass is 314 g/mol. The number of aromatic nitrogens is 1. The maximum Gasteiger partial charge on any atom is 0.164 e. The van der Waals surface area contributed by atoms with Crippen LogP contribution < -0.4 is 5.43 Å². The van der Waals surface area contributed by atoms with Crippen molar-refractivity contribution in [3.63, 3.8) is 0 Å². The van der Waals surface area contributed by atoms with Gasteiger partial charge in [0, 0.05) is 29.0 Å². The minimum Gasteiger partial charge on any atom is -0.380 e. The molecule has 0 amide bonds. The second-order valence-electron chi connectivity index (χ2n) is 4.58. The van der Waals surface area contributed by atoms with Crippen molar-refractivity contribution in [2.75, 3.05) is 12.5 Å². The molecule has 1 heterocycles. The Labute approximate surface area is 134 Å². The largest absolute Gasteiger partial charge is 0.380 e. The molecule has 0 fully saturated rings. The summed E-state index contributed by atoms with van der Waals surface area (Å²) in [7, 11) is 1.58. The zero-order valence-corrected chi connectivity index (χ0v) is 13.1. The van der Waals surface area contributed by atoms with Crippen molar-refractivity contribution < 1.29 is 4.74 Å². The number of halogens is 1. The van der Waals surface area contributed by atoms with Gasteiger partial charge in [-0.1, -0.05) is 29.8 Å². The molecule has 6 heteroatoms. The van der Waals surface area contributed by atoms with Crippen LogP contribution in [0.4, 0.5) is 5.82 Å². The topological polar surface area (TPSA) is 70.3 Å². The number of hydrogen-bond donors (Lipinski definition) is 1. The van der Waals surface area contributed by atoms with Crippen LogP contribution in [0, 0.1) is 18.3 Å². The number of aryl methyl sites for hydroxylation is 1. The highest BCUT2D eigenvalue weighted by atomic mass is 35.5. The maximum absolute atomic E-state index is 9.32. The summed E-state index contributed by atoms with van der Waals surface area (Å²) in [4.78, 5) is 4.30. The zero-order chi connectivity index (χ0) is 15.9. The van der Waals surface area contributed by atoms with Crippen molar-refractivity contribution in [2.45, 2.75) is 13.5 Å². The molecule has 1 N–H and O–H groups in total. The van der Waals surface area contributed by atoms with E-state index in [0.29, 0.717) is 23.0 Å². The normalized spacial score (nSPS) is 10.6. The Morgan fingerprint density at radius 2 is 2.23 bits per heavy atom. The first-order valence-corrected chi connectivity index (χ1v) is 6.96. The average molecular weight is 315 g/mol. The van der Waals surface area contributed by atoms with Gasteiger partial charge in [-0.2, -0.15) is 10.4 Å². The molecule has 0 saturated carbocycles. The van der Waals surface area contributed by atoms with Gasteiger partial charge in [-0.05, 0) is 19.1 Å². The van der Waals surface area contributed by atoms with E-state index in [1.54, 1.807) is 19.4 Å². The van der Waals surface area contributed by atoms with Crippen LogP contribution in [0.1, 0.15) is 22.4 Å². The molecule has 22 heavy (non-hydrogen) atoms. The van der Waals surface area contributed by atoms with Gasteiger partial charge in [-0.3, -0.25) is 5.43 Å². The third-order valence-electron chi connectivity index (χ3n) is 2.92. The Kier molecular flexibility index (Phi) is 5.48. The summed E-state index contributed by atoms with van der Waals surface area (Å²) in [5, 5.41) is 14.0. The van der Waals surface area contributed by atoms with Gasteiger partial charge >= 0.3 is 0 Å². The van der Waals surface area contributed by atoms with E-state index in [1.165, 1.54) is 0 Å². The van der Waals surface area contributed by atoms with Gasteiger partial charge in [0.15, 0.2) is 5.82 Å². The van der Waals surface area contributed by atoms with E-state index in [0.717, 1.165) is 16.8 Å². The molecule has 5 nitrogen and oxygen atoms in total. The van der Waals surface area contributed by atoms with Gasteiger partial charge in [0.25, 0.3) is 0 Å². The lowest BCUT2D eigenvalue weighted by Gasteiger charge is -2.09. The highest BCUT2D eigenvalue weighted by Gasteiger charge is 2.10. The summed E-state index contributed by atoms with van der Waals surface area (Å²) in [5.41, 5.74) is 5.55. The van der Waals surface area contributed by atoms with E-state index in [2.05, 4.69) is 21.6 Å². The SMILES string of the molecule is COCc1cc(C)nc(NN=Cc2ccccc2Cl)c1C#N. The Morgan fingerprint density at radius 3 is 2.91 bits per heavy atom. The summed E-state index contributed by atoms with van der Waals surface area (Å²) >= 11 is 6.05. The molecule has 0 spiro atoms. The third kappa shape index (κ3) is 3.82. The van der Waals surface area contributed by atoms with Crippen LogP contribution >= 0.6 is 11.6 Å². The lowest BCUT2D eigenvalue weighted by atomic mass is 10.1. The number of methoxy groups -OCH3 is 1. The van der Waals surface area contributed by atoms with Gasteiger partial charge in [0.1, 0.15) is 11.6 Å². The third-order valence-corrected chi connectivity index (χ3v) is 3.26. The number of benzene rings is 1. The van der Waals surface area contributed by atoms with Gasteiger partial charge in [-0.25, -0.2) is 4.98 Å². The minimum absolute atomic E-state index is 0.342. The lowest BCUT2D eigenvalue weighted by Crippen LogP contribution is -2.03. The van der Waals surface area contributed by atoms with E-state index in [1.807, 2.05) is 31.2 Å². The van der Waals surface area contributed by atoms with Crippen LogP contribution in [0.25, 0.3) is 0 Å². The number of hydrogen-bond acceptors (Lipinski definition) is 5. The van der Waals surface area contributed by atoms with Crippen molar-refractivity contribution >= 4 is 23.6 Å². The predicted molar refractivity (Wildman–Crippen MR) is 87.1 cm³/mol. The Balaban J connectivity index is 2.26. The number of rotatable bonds is 5. The standard InChI is InChI=1S/C16H15ClN4O/c1-11-7-13(10-22-2)14(8-18)16(20-11)21-19-9-12-5-3-4-6-15(12)17/h3-7,9H,10H2,1-2H3,(H,20,21). The van der Waals surface area contributed by atoms with Crippen molar-refractivity contribution in [3.05, 3.63) is 57.7 Å². The number of hydrazone groups is 1. The number of ether oxygens (including phenoxy) is 1. The molecule has 1 aromatic heterocycles. The summed E-state index contributed by atoms with van der Waals surface area (Å²) in [6, 6.07) is 11.3. The Bertz CT molecular complexity index is 737. The maximum atomic E-state index is 9.32. The molecular formula is C16H15ClN4O. The molecular weight excluding hydrogens is 300 g/mol. The van der Waals surface area contributed by atoms with E-state index in [9.17, 15) is 5.26 Å². The first-order valence-electron chi connectivity index (χ1n) is 6.59. The fraction of sp³-hybridized carbons (Fsp3) is 0.188. The second-order valence-corrected chi connectivity index (χ2v) is 4.99. The van der Waals surface area contributed by atoms with E-state index in [4.69, 9.17) is 16.3 Å². The molecule has 0 radical (unpaired) electrons. The van der Waals surface area contributed by atoms with Crippen molar-refractivity contribution in [1.29, 1.82) is 5.26 Å². The highest BCUT2D eigenvalue weighted by molar-refractivity contribution is 6.33. The van der Waals surface area contributed by atoms with Crippen LogP contribution in [0.5, 0.6) is 0 Å². The molecule has 2 rings (SSSR count). The highest BCUT2D eigenvalue weighted by Crippen LogP contribution is 2.19. The van der Waals surface area contributed by atoms with Gasteiger partial charge < -0.3 is 4.74 Å². The smallest absolute Gasteiger partial charge is 0.164 e. The first-order chi connectivity index (χ1) is 10.7. The average Bonchev–Trinajstić information content (AvgIpc) is 2.49. The summed E-state index contributed by atoms with van der Waals surface area (Å²) in [5.74, 6) is 0.401. The van der Waals surface area contributed by atoms with Crippen molar-refractivity contribution in [2.24, 2.45) is 5.10 Å². The molecule has 0 aliphatic heterocycles. The fourth-order valence-corrected chi connectivity index (χ4v) is 2.14. The molecule has 0 aliphatic carbocycles. The molecule has 0 atom stereocenters. The molecule has 1 aromatic carbocycles. The van der Waals surface area contributed by atoms with Crippen LogP contribution in [0.3, 0.4) is 0 Å². The Hall–Kier alpha value is -2.42. The van der Waals surface area contributed by atoms with E-state index in [-0.39, 0.29) is 0 Å². The molecule has 0 saturated heterocycles. The Morgan fingerprint density at radius 1 is 1.45 bits per heavy atom. The van der Waals surface area contributed by atoms with Crippen LogP contribution in [-0.4, -0.2) is 18.3 Å². The fourth-order valence-electron chi connectivity index (χ4n) is 1.96. The summed E-state index contributed by atoms with van der Waals surface area (Å²) in [6.45, 7) is 2.19. The molecule has 0 bridgehead atoms. The van der Waals surface area contributed by atoms with E-state index < -0.39 is 0 Å². The minimum atomic E-state index is 0.342. The first kappa shape index (κ1) is 16.0. The number of pyridine rings is 1. The van der Waals surface area contributed by atoms with E-state index >= 15 is 0 Å². The lowest BCUT2D eigenvalue weighted by molar-refractivity contribution is 0.184. The zero-order valence-electron chi connectivity index (χ0n) is 12.3. The number of nitrogens with one attached hydrogen (secondary N) is 1. The molecule has 2 aromatic rings. The van der Waals surface area contributed by atoms with Crippen molar-refractivity contribution in [3.8, 4) is 6.07 Å². The number of nitrogens with zero attached hydrogens (tertiary/aromatic N) is 3.